The van der Waals surface area contributed by atoms with E-state index >= 15 is 0 Å². The molecule has 1 N–H and O–H groups in total. The van der Waals surface area contributed by atoms with Gasteiger partial charge in [0, 0.05) is 10.0 Å². The summed E-state index contributed by atoms with van der Waals surface area (Å²) < 4.78 is 6.77. The zero-order valence-electron chi connectivity index (χ0n) is 12.7. The van der Waals surface area contributed by atoms with Gasteiger partial charge in [-0.1, -0.05) is 61.4 Å². The maximum absolute atomic E-state index is 9.75. The van der Waals surface area contributed by atoms with Crippen molar-refractivity contribution in [1.29, 1.82) is 0 Å². The van der Waals surface area contributed by atoms with Gasteiger partial charge in [-0.2, -0.15) is 0 Å². The highest BCUT2D eigenvalue weighted by Crippen LogP contribution is 2.28. The first-order valence-corrected chi connectivity index (χ1v) is 8.54. The summed E-state index contributed by atoms with van der Waals surface area (Å²) in [5, 5.41) is 9.75. The van der Waals surface area contributed by atoms with Crippen molar-refractivity contribution in [2.75, 3.05) is 6.61 Å². The average Bonchev–Trinajstić information content (AvgIpc) is 2.43. The summed E-state index contributed by atoms with van der Waals surface area (Å²) >= 11 is 3.42. The highest BCUT2D eigenvalue weighted by atomic mass is 79.9. The minimum absolute atomic E-state index is 0.503. The summed E-state index contributed by atoms with van der Waals surface area (Å²) in [6.07, 6.45) is 8.46. The van der Waals surface area contributed by atoms with Gasteiger partial charge in [-0.3, -0.25) is 0 Å². The molecule has 0 saturated carbocycles. The molecule has 0 heterocycles. The van der Waals surface area contributed by atoms with Crippen LogP contribution in [0.3, 0.4) is 0 Å². The Labute approximate surface area is 131 Å². The van der Waals surface area contributed by atoms with E-state index in [4.69, 9.17) is 4.74 Å². The number of unbranched alkanes of at least 4 members (excludes halogenated alkanes) is 6. The average molecular weight is 343 g/mol. The molecule has 1 rings (SSSR count). The zero-order chi connectivity index (χ0) is 14.8. The molecule has 0 aliphatic rings. The third-order valence-electron chi connectivity index (χ3n) is 3.43. The Kier molecular flexibility index (Phi) is 8.95. The number of halogens is 1. The number of benzene rings is 1. The van der Waals surface area contributed by atoms with Crippen LogP contribution in [0.1, 0.15) is 70.5 Å². The van der Waals surface area contributed by atoms with Crippen LogP contribution in [0.5, 0.6) is 5.75 Å². The van der Waals surface area contributed by atoms with Crippen molar-refractivity contribution in [3.05, 3.63) is 28.2 Å². The first-order valence-electron chi connectivity index (χ1n) is 7.75. The highest BCUT2D eigenvalue weighted by molar-refractivity contribution is 9.10. The fraction of sp³-hybridized carbons (Fsp3) is 0.647. The molecule has 1 atom stereocenters. The van der Waals surface area contributed by atoms with Gasteiger partial charge in [0.15, 0.2) is 0 Å². The number of hydrogen-bond acceptors (Lipinski definition) is 2. The maximum Gasteiger partial charge on any atom is 0.125 e. The smallest absolute Gasteiger partial charge is 0.125 e. The summed E-state index contributed by atoms with van der Waals surface area (Å²) in [4.78, 5) is 0. The first kappa shape index (κ1) is 17.5. The van der Waals surface area contributed by atoms with E-state index in [0.717, 1.165) is 28.8 Å². The van der Waals surface area contributed by atoms with E-state index in [-0.39, 0.29) is 0 Å². The van der Waals surface area contributed by atoms with Gasteiger partial charge in [-0.25, -0.2) is 0 Å². The van der Waals surface area contributed by atoms with Gasteiger partial charge in [0.1, 0.15) is 5.75 Å². The molecule has 0 fully saturated rings. The molecule has 20 heavy (non-hydrogen) atoms. The second-order valence-corrected chi connectivity index (χ2v) is 6.24. The first-order chi connectivity index (χ1) is 9.65. The number of rotatable bonds is 10. The Morgan fingerprint density at radius 3 is 2.40 bits per heavy atom. The Morgan fingerprint density at radius 1 is 1.10 bits per heavy atom. The third-order valence-corrected chi connectivity index (χ3v) is 3.92. The quantitative estimate of drug-likeness (QED) is 0.558. The number of ether oxygens (including phenoxy) is 1. The molecule has 0 aliphatic carbocycles. The summed E-state index contributed by atoms with van der Waals surface area (Å²) in [5.41, 5.74) is 0.849. The van der Waals surface area contributed by atoms with Gasteiger partial charge < -0.3 is 9.84 Å². The van der Waals surface area contributed by atoms with Crippen molar-refractivity contribution in [1.82, 2.24) is 0 Å². The summed E-state index contributed by atoms with van der Waals surface area (Å²) in [6.45, 7) is 4.74. The van der Waals surface area contributed by atoms with Crippen LogP contribution < -0.4 is 4.74 Å². The minimum atomic E-state index is -0.503. The Morgan fingerprint density at radius 2 is 1.75 bits per heavy atom. The van der Waals surface area contributed by atoms with Crippen LogP contribution in [0.25, 0.3) is 0 Å². The molecule has 114 valence electrons. The van der Waals surface area contributed by atoms with Crippen LogP contribution in [-0.4, -0.2) is 11.7 Å². The SMILES string of the molecule is CCCCCCCCCOc1ccc(Br)cc1C(C)O. The fourth-order valence-corrected chi connectivity index (χ4v) is 2.60. The van der Waals surface area contributed by atoms with Crippen LogP contribution in [0, 0.1) is 0 Å². The van der Waals surface area contributed by atoms with Crippen molar-refractivity contribution < 1.29 is 9.84 Å². The molecule has 0 aromatic heterocycles. The topological polar surface area (TPSA) is 29.5 Å². The van der Waals surface area contributed by atoms with E-state index in [1.807, 2.05) is 18.2 Å². The Balaban J connectivity index is 2.25. The maximum atomic E-state index is 9.75. The molecule has 0 saturated heterocycles. The summed E-state index contributed by atoms with van der Waals surface area (Å²) in [6, 6.07) is 5.80. The molecule has 0 bridgehead atoms. The molecule has 1 aromatic carbocycles. The van der Waals surface area contributed by atoms with E-state index < -0.39 is 6.10 Å². The van der Waals surface area contributed by atoms with Gasteiger partial charge in [0.25, 0.3) is 0 Å². The minimum Gasteiger partial charge on any atom is -0.493 e. The van der Waals surface area contributed by atoms with Crippen LogP contribution >= 0.6 is 15.9 Å². The second kappa shape index (κ2) is 10.2. The second-order valence-electron chi connectivity index (χ2n) is 5.33. The molecule has 0 radical (unpaired) electrons. The lowest BCUT2D eigenvalue weighted by atomic mass is 10.1. The molecule has 1 unspecified atom stereocenters. The van der Waals surface area contributed by atoms with Crippen molar-refractivity contribution in [2.24, 2.45) is 0 Å². The van der Waals surface area contributed by atoms with Crippen LogP contribution in [0.4, 0.5) is 0 Å². The normalized spacial score (nSPS) is 12.4. The Bertz CT molecular complexity index is 377. The fourth-order valence-electron chi connectivity index (χ4n) is 2.22. The molecule has 2 nitrogen and oxygen atoms in total. The lowest BCUT2D eigenvalue weighted by molar-refractivity contribution is 0.190. The van der Waals surface area contributed by atoms with Crippen molar-refractivity contribution in [3.63, 3.8) is 0 Å². The van der Waals surface area contributed by atoms with Gasteiger partial charge in [0.2, 0.25) is 0 Å². The lowest BCUT2D eigenvalue weighted by Gasteiger charge is -2.14. The van der Waals surface area contributed by atoms with Crippen molar-refractivity contribution >= 4 is 15.9 Å². The molecular weight excluding hydrogens is 316 g/mol. The number of hydrogen-bond donors (Lipinski definition) is 1. The van der Waals surface area contributed by atoms with E-state index in [2.05, 4.69) is 22.9 Å². The van der Waals surface area contributed by atoms with Crippen LogP contribution in [0.2, 0.25) is 0 Å². The predicted molar refractivity (Wildman–Crippen MR) is 88.3 cm³/mol. The van der Waals surface area contributed by atoms with Gasteiger partial charge in [-0.05, 0) is 31.5 Å². The van der Waals surface area contributed by atoms with Gasteiger partial charge >= 0.3 is 0 Å². The number of aliphatic hydroxyl groups excluding tert-OH is 1. The largest absolute Gasteiger partial charge is 0.493 e. The standard InChI is InChI=1S/C17H27BrO2/c1-3-4-5-6-7-8-9-12-20-17-11-10-15(18)13-16(17)14(2)19/h10-11,13-14,19H,3-9,12H2,1-2H3. The van der Waals surface area contributed by atoms with Crippen molar-refractivity contribution in [3.8, 4) is 5.75 Å². The molecule has 0 spiro atoms. The van der Waals surface area contributed by atoms with E-state index in [9.17, 15) is 5.11 Å². The molecule has 3 heteroatoms. The summed E-state index contributed by atoms with van der Waals surface area (Å²) in [5.74, 6) is 0.800. The monoisotopic (exact) mass is 342 g/mol. The van der Waals surface area contributed by atoms with Crippen LogP contribution in [0.15, 0.2) is 22.7 Å². The molecule has 0 aliphatic heterocycles. The molecule has 1 aromatic rings. The summed E-state index contributed by atoms with van der Waals surface area (Å²) in [7, 11) is 0. The van der Waals surface area contributed by atoms with Crippen molar-refractivity contribution in [2.45, 2.75) is 64.9 Å². The Hall–Kier alpha value is -0.540. The molecule has 0 amide bonds. The van der Waals surface area contributed by atoms with E-state index in [1.54, 1.807) is 6.92 Å². The van der Waals surface area contributed by atoms with E-state index in [1.165, 1.54) is 38.5 Å². The van der Waals surface area contributed by atoms with Gasteiger partial charge in [0.05, 0.1) is 12.7 Å². The van der Waals surface area contributed by atoms with E-state index in [0.29, 0.717) is 0 Å². The lowest BCUT2D eigenvalue weighted by Crippen LogP contribution is -2.02. The molecular formula is C17H27BrO2. The highest BCUT2D eigenvalue weighted by Gasteiger charge is 2.09. The third kappa shape index (κ3) is 6.76. The zero-order valence-corrected chi connectivity index (χ0v) is 14.3. The van der Waals surface area contributed by atoms with Crippen LogP contribution in [-0.2, 0) is 0 Å². The van der Waals surface area contributed by atoms with Gasteiger partial charge in [-0.15, -0.1) is 0 Å². The predicted octanol–water partition coefficient (Wildman–Crippen LogP) is 5.63. The number of aliphatic hydroxyl groups is 1.